The molecule has 2 unspecified atom stereocenters. The molecule has 19 heteroatoms. The van der Waals surface area contributed by atoms with Crippen molar-refractivity contribution in [2.45, 2.75) is 11.8 Å². The van der Waals surface area contributed by atoms with Gasteiger partial charge in [-0.25, -0.2) is 14.9 Å². The van der Waals surface area contributed by atoms with E-state index >= 15 is 0 Å². The first kappa shape index (κ1) is 24.1. The van der Waals surface area contributed by atoms with Crippen molar-refractivity contribution in [2.75, 3.05) is 10.6 Å². The van der Waals surface area contributed by atoms with Crippen molar-refractivity contribution in [3.05, 3.63) is 41.7 Å². The second kappa shape index (κ2) is 7.44. The van der Waals surface area contributed by atoms with Crippen LogP contribution in [-0.4, -0.2) is 49.2 Å². The highest BCUT2D eigenvalue weighted by Crippen LogP contribution is 2.23. The van der Waals surface area contributed by atoms with Gasteiger partial charge in [0.05, 0.1) is 0 Å². The van der Waals surface area contributed by atoms with Gasteiger partial charge in [-0.1, -0.05) is 0 Å². The monoisotopic (exact) mass is 515 g/mol. The van der Waals surface area contributed by atoms with Crippen LogP contribution in [0, 0.1) is 0 Å². The second-order valence-corrected chi connectivity index (χ2v) is 8.85. The molecule has 0 fully saturated rings. The maximum Gasteiger partial charge on any atom is 0.332 e. The molecule has 1 aliphatic heterocycles. The quantitative estimate of drug-likeness (QED) is 0.164. The number of hydrogen-bond donors (Lipinski definition) is 5. The van der Waals surface area contributed by atoms with Crippen LogP contribution in [0.2, 0.25) is 0 Å². The van der Waals surface area contributed by atoms with E-state index in [1.54, 1.807) is 14.1 Å². The summed E-state index contributed by atoms with van der Waals surface area (Å²) in [5.41, 5.74) is 11.1. The lowest BCUT2D eigenvalue weighted by Gasteiger charge is -2.28. The number of rotatable bonds is 4. The molecule has 0 saturated carbocycles. The molecule has 0 bridgehead atoms. The largest absolute Gasteiger partial charge is 0.332 e. The Morgan fingerprint density at radius 1 is 0.622 bits per heavy atom. The molecule has 7 N–H and O–H groups in total. The molecule has 5 heterocycles. The van der Waals surface area contributed by atoms with Gasteiger partial charge in [0.2, 0.25) is 11.9 Å². The molecule has 0 saturated heterocycles. The molecule has 4 aromatic heterocycles. The number of aryl methyl sites for hydroxylation is 4. The zero-order chi connectivity index (χ0) is 27.2. The van der Waals surface area contributed by atoms with Gasteiger partial charge in [0.15, 0.2) is 22.3 Å². The first-order valence-electron chi connectivity index (χ1n) is 10.8. The Bertz CT molecular complexity index is 1760. The van der Waals surface area contributed by atoms with Crippen LogP contribution in [0.3, 0.4) is 0 Å². The molecule has 0 aliphatic carbocycles. The predicted octanol–water partition coefficient (Wildman–Crippen LogP) is -4.03. The summed E-state index contributed by atoms with van der Waals surface area (Å²) in [5, 5.41) is 16.4. The second-order valence-electron chi connectivity index (χ2n) is 8.85. The first-order valence-corrected chi connectivity index (χ1v) is 10.8. The molecule has 0 aromatic carbocycles. The van der Waals surface area contributed by atoms with Crippen molar-refractivity contribution in [1.82, 2.24) is 42.7 Å². The molecular weight excluding hydrogens is 490 g/mol. The van der Waals surface area contributed by atoms with Crippen LogP contribution in [0.4, 0.5) is 11.9 Å². The number of aromatic nitrogens is 8. The van der Waals surface area contributed by atoms with E-state index < -0.39 is 34.3 Å². The van der Waals surface area contributed by atoms with Crippen LogP contribution in [0.1, 0.15) is 0 Å². The van der Waals surface area contributed by atoms with Gasteiger partial charge in [0, 0.05) is 42.3 Å². The molecule has 4 aromatic rings. The van der Waals surface area contributed by atoms with E-state index in [1.165, 1.54) is 46.5 Å². The van der Waals surface area contributed by atoms with Crippen LogP contribution >= 0.6 is 0 Å². The number of nitrogens with zero attached hydrogens (tertiary/aromatic N) is 10. The Morgan fingerprint density at radius 2 is 0.973 bits per heavy atom. The topological polar surface area (TPSA) is 236 Å². The molecule has 2 atom stereocenters. The molecule has 0 radical (unpaired) electrons. The number of azo groups is 1. The normalized spacial score (nSPS) is 21.4. The summed E-state index contributed by atoms with van der Waals surface area (Å²) in [6.07, 6.45) is 0. The Balaban J connectivity index is 1.48. The van der Waals surface area contributed by atoms with Gasteiger partial charge >= 0.3 is 11.4 Å². The molecule has 196 valence electrons. The minimum atomic E-state index is -1.80. The highest BCUT2D eigenvalue weighted by molar-refractivity contribution is 5.75. The zero-order valence-electron chi connectivity index (χ0n) is 20.8. The number of imidazole rings is 2. The van der Waals surface area contributed by atoms with E-state index in [9.17, 15) is 19.2 Å². The lowest BCUT2D eigenvalue weighted by atomic mass is 10.5. The Hall–Kier alpha value is -4.62. The molecule has 37 heavy (non-hydrogen) atoms. The zero-order valence-corrected chi connectivity index (χ0v) is 20.8. The van der Waals surface area contributed by atoms with Gasteiger partial charge in [-0.2, -0.15) is 9.97 Å². The fraction of sp³-hybridized carbons (Fsp3) is 0.444. The van der Waals surface area contributed by atoms with Crippen LogP contribution in [-0.2, 0) is 42.3 Å². The average Bonchev–Trinajstić information content (AvgIpc) is 3.45. The summed E-state index contributed by atoms with van der Waals surface area (Å²) in [4.78, 5) is 58.5. The molecule has 5 rings (SSSR count). The Kier molecular flexibility index (Phi) is 4.85. The van der Waals surface area contributed by atoms with Gasteiger partial charge in [0.1, 0.15) is 0 Å². The number of nitrogens with one attached hydrogen (secondary N) is 3. The molecule has 19 nitrogen and oxygen atoms in total. The fourth-order valence-electron chi connectivity index (χ4n) is 4.21. The van der Waals surface area contributed by atoms with Gasteiger partial charge in [-0.15, -0.1) is 10.2 Å². The Labute approximate surface area is 205 Å². The Morgan fingerprint density at radius 3 is 1.32 bits per heavy atom. The summed E-state index contributed by atoms with van der Waals surface area (Å²) >= 11 is 0. The number of fused-ring (bicyclic) bond motifs is 2. The fourth-order valence-corrected chi connectivity index (χ4v) is 4.21. The van der Waals surface area contributed by atoms with Gasteiger partial charge in [-0.05, 0) is 0 Å². The van der Waals surface area contributed by atoms with E-state index in [0.717, 1.165) is 9.13 Å². The lowest BCUT2D eigenvalue weighted by molar-refractivity contribution is 0.336. The summed E-state index contributed by atoms with van der Waals surface area (Å²) in [5.74, 6) is -3.39. The maximum absolute atomic E-state index is 12.6. The summed E-state index contributed by atoms with van der Waals surface area (Å²) < 4.78 is 7.24. The molecular formula is C18H25N15O4. The number of nitrogens with two attached hydrogens (primary N) is 2. The first-order chi connectivity index (χ1) is 17.2. The van der Waals surface area contributed by atoms with Crippen LogP contribution in [0.15, 0.2) is 29.4 Å². The lowest BCUT2D eigenvalue weighted by Crippen LogP contribution is -2.67. The van der Waals surface area contributed by atoms with Crippen molar-refractivity contribution in [3.63, 3.8) is 0 Å². The third-order valence-corrected chi connectivity index (χ3v) is 6.30. The van der Waals surface area contributed by atoms with Crippen molar-refractivity contribution < 1.29 is 0 Å². The molecule has 0 amide bonds. The van der Waals surface area contributed by atoms with Gasteiger partial charge in [0.25, 0.3) is 22.9 Å². The number of anilines is 2. The third-order valence-electron chi connectivity index (χ3n) is 6.30. The number of hydrogen-bond acceptors (Lipinski definition) is 13. The summed E-state index contributed by atoms with van der Waals surface area (Å²) in [6, 6.07) is 0. The predicted molar refractivity (Wildman–Crippen MR) is 131 cm³/mol. The highest BCUT2D eigenvalue weighted by atomic mass is 16.2. The third kappa shape index (κ3) is 3.32. The summed E-state index contributed by atoms with van der Waals surface area (Å²) in [6.45, 7) is 0. The highest BCUT2D eigenvalue weighted by Gasteiger charge is 2.44. The SMILES string of the molecule is Cn1c(=O)c2c(nc(NC3(N)N=NC(N)(Nc4nc5c(c(=O)n(C)c(=O)n5C)n4C)N3)n2C)n(C)c1=O. The minimum absolute atomic E-state index is 0.104. The van der Waals surface area contributed by atoms with E-state index in [4.69, 9.17) is 11.5 Å². The van der Waals surface area contributed by atoms with E-state index in [-0.39, 0.29) is 34.2 Å². The van der Waals surface area contributed by atoms with Crippen LogP contribution in [0.25, 0.3) is 22.3 Å². The smallest absolute Gasteiger partial charge is 0.307 e. The van der Waals surface area contributed by atoms with Crippen molar-refractivity contribution in [2.24, 2.45) is 64.0 Å². The van der Waals surface area contributed by atoms with Crippen molar-refractivity contribution in [3.8, 4) is 0 Å². The van der Waals surface area contributed by atoms with Crippen molar-refractivity contribution >= 4 is 34.2 Å². The van der Waals surface area contributed by atoms with E-state index in [2.05, 4.69) is 36.1 Å². The van der Waals surface area contributed by atoms with Crippen LogP contribution < -0.4 is 49.9 Å². The maximum atomic E-state index is 12.6. The summed E-state index contributed by atoms with van der Waals surface area (Å²) in [7, 11) is 8.84. The van der Waals surface area contributed by atoms with Gasteiger partial charge < -0.3 is 19.8 Å². The minimum Gasteiger partial charge on any atom is -0.307 e. The average molecular weight is 515 g/mol. The standard InChI is InChI=1S/C18H25N15O4/c1-28-7-9(30(3)15(36)32(5)11(7)34)21-13(28)23-17(19)25-18(20,27-26-17)24-14-22-10-8(29(14)2)12(35)33(6)16(37)31(10)4/h25H,19-20H2,1-6H3,(H,21,23)(H,22,24). The molecule has 1 aliphatic rings. The van der Waals surface area contributed by atoms with Crippen molar-refractivity contribution in [1.29, 1.82) is 0 Å². The molecule has 0 spiro atoms. The van der Waals surface area contributed by atoms with E-state index in [1.807, 2.05) is 0 Å². The van der Waals surface area contributed by atoms with E-state index in [0.29, 0.717) is 0 Å². The van der Waals surface area contributed by atoms with Crippen LogP contribution in [0.5, 0.6) is 0 Å². The van der Waals surface area contributed by atoms with Gasteiger partial charge in [-0.3, -0.25) is 39.3 Å².